The van der Waals surface area contributed by atoms with Gasteiger partial charge in [0.05, 0.1) is 0 Å². The highest BCUT2D eigenvalue weighted by atomic mass is 35.5. The molecule has 0 saturated heterocycles. The van der Waals surface area contributed by atoms with E-state index in [2.05, 4.69) is 26.8 Å². The van der Waals surface area contributed by atoms with Gasteiger partial charge in [-0.1, -0.05) is 44.5 Å². The minimum Gasteiger partial charge on any atom is -0.324 e. The Balaban J connectivity index is 3.03. The molecule has 0 aromatic heterocycles. The van der Waals surface area contributed by atoms with Crippen LogP contribution in [0.15, 0.2) is 18.2 Å². The van der Waals surface area contributed by atoms with E-state index in [0.717, 1.165) is 16.1 Å². The molecule has 0 bridgehead atoms. The molecule has 0 heterocycles. The van der Waals surface area contributed by atoms with E-state index in [1.54, 1.807) is 0 Å². The fourth-order valence-corrected chi connectivity index (χ4v) is 1.48. The van der Waals surface area contributed by atoms with E-state index in [0.29, 0.717) is 0 Å². The summed E-state index contributed by atoms with van der Waals surface area (Å²) in [6, 6.07) is 6.04. The lowest BCUT2D eigenvalue weighted by Gasteiger charge is -2.27. The van der Waals surface area contributed by atoms with Crippen LogP contribution in [-0.4, -0.2) is 0 Å². The third kappa shape index (κ3) is 2.49. The van der Waals surface area contributed by atoms with Gasteiger partial charge in [-0.25, -0.2) is 0 Å². The van der Waals surface area contributed by atoms with Crippen LogP contribution >= 0.6 is 11.6 Å². The van der Waals surface area contributed by atoms with Crippen molar-refractivity contribution >= 4 is 11.6 Å². The zero-order valence-corrected chi connectivity index (χ0v) is 10.0. The molecule has 0 unspecified atom stereocenters. The molecule has 0 radical (unpaired) electrons. The van der Waals surface area contributed by atoms with Crippen LogP contribution in [0.2, 0.25) is 5.02 Å². The standard InChI is InChI=1S/C12H18ClN/c1-8-7-9(5-6-10(8)13)11(14)12(2,3)4/h5-7,11H,14H2,1-4H3/t11-/m0/s1. The molecule has 0 fully saturated rings. The molecule has 78 valence electrons. The number of aryl methyl sites for hydroxylation is 1. The Bertz CT molecular complexity index is 326. The first kappa shape index (κ1) is 11.5. The molecular formula is C12H18ClN. The molecule has 1 aromatic carbocycles. The summed E-state index contributed by atoms with van der Waals surface area (Å²) in [4.78, 5) is 0. The predicted molar refractivity (Wildman–Crippen MR) is 62.6 cm³/mol. The summed E-state index contributed by atoms with van der Waals surface area (Å²) in [6.45, 7) is 8.42. The lowest BCUT2D eigenvalue weighted by atomic mass is 9.83. The Morgan fingerprint density at radius 2 is 1.86 bits per heavy atom. The van der Waals surface area contributed by atoms with Gasteiger partial charge < -0.3 is 5.73 Å². The van der Waals surface area contributed by atoms with Gasteiger partial charge in [0, 0.05) is 11.1 Å². The van der Waals surface area contributed by atoms with Crippen molar-refractivity contribution in [3.8, 4) is 0 Å². The Morgan fingerprint density at radius 1 is 1.29 bits per heavy atom. The molecular weight excluding hydrogens is 194 g/mol. The second-order valence-electron chi connectivity index (χ2n) is 4.85. The van der Waals surface area contributed by atoms with E-state index in [4.69, 9.17) is 17.3 Å². The Hall–Kier alpha value is -0.530. The molecule has 0 aliphatic carbocycles. The summed E-state index contributed by atoms with van der Waals surface area (Å²) in [6.07, 6.45) is 0. The monoisotopic (exact) mass is 211 g/mol. The average Bonchev–Trinajstić information content (AvgIpc) is 2.07. The molecule has 0 spiro atoms. The van der Waals surface area contributed by atoms with Crippen molar-refractivity contribution in [3.63, 3.8) is 0 Å². The van der Waals surface area contributed by atoms with Crippen molar-refractivity contribution < 1.29 is 0 Å². The van der Waals surface area contributed by atoms with Gasteiger partial charge in [0.2, 0.25) is 0 Å². The number of nitrogens with two attached hydrogens (primary N) is 1. The number of hydrogen-bond acceptors (Lipinski definition) is 1. The van der Waals surface area contributed by atoms with Crippen molar-refractivity contribution in [2.75, 3.05) is 0 Å². The van der Waals surface area contributed by atoms with Gasteiger partial charge in [-0.3, -0.25) is 0 Å². The summed E-state index contributed by atoms with van der Waals surface area (Å²) >= 11 is 5.96. The molecule has 1 aromatic rings. The number of hydrogen-bond donors (Lipinski definition) is 1. The molecule has 0 saturated carbocycles. The maximum atomic E-state index is 6.15. The second-order valence-corrected chi connectivity index (χ2v) is 5.26. The first-order chi connectivity index (χ1) is 6.32. The zero-order valence-electron chi connectivity index (χ0n) is 9.26. The summed E-state index contributed by atoms with van der Waals surface area (Å²) < 4.78 is 0. The quantitative estimate of drug-likeness (QED) is 0.754. The van der Waals surface area contributed by atoms with E-state index in [-0.39, 0.29) is 11.5 Å². The lowest BCUT2D eigenvalue weighted by molar-refractivity contribution is 0.327. The van der Waals surface area contributed by atoms with Crippen LogP contribution in [0.5, 0.6) is 0 Å². The van der Waals surface area contributed by atoms with Crippen LogP contribution in [-0.2, 0) is 0 Å². The highest BCUT2D eigenvalue weighted by molar-refractivity contribution is 6.31. The third-order valence-corrected chi connectivity index (χ3v) is 2.90. The normalized spacial score (nSPS) is 14.1. The Kier molecular flexibility index (Phi) is 3.23. The minimum atomic E-state index is 0.0541. The second kappa shape index (κ2) is 3.92. The summed E-state index contributed by atoms with van der Waals surface area (Å²) in [5, 5.41) is 0.801. The van der Waals surface area contributed by atoms with Gasteiger partial charge in [0.25, 0.3) is 0 Å². The number of halogens is 1. The van der Waals surface area contributed by atoms with E-state index in [1.165, 1.54) is 0 Å². The van der Waals surface area contributed by atoms with E-state index in [9.17, 15) is 0 Å². The first-order valence-corrected chi connectivity index (χ1v) is 5.22. The Labute approximate surface area is 91.3 Å². The molecule has 0 aliphatic heterocycles. The maximum absolute atomic E-state index is 6.15. The number of rotatable bonds is 1. The van der Waals surface area contributed by atoms with Crippen molar-refractivity contribution in [2.24, 2.45) is 11.1 Å². The molecule has 0 amide bonds. The van der Waals surface area contributed by atoms with Gasteiger partial charge in [0.1, 0.15) is 0 Å². The van der Waals surface area contributed by atoms with Gasteiger partial charge in [-0.2, -0.15) is 0 Å². The third-order valence-electron chi connectivity index (χ3n) is 2.47. The molecule has 14 heavy (non-hydrogen) atoms. The first-order valence-electron chi connectivity index (χ1n) is 4.84. The molecule has 1 atom stereocenters. The highest BCUT2D eigenvalue weighted by Crippen LogP contribution is 2.31. The van der Waals surface area contributed by atoms with Crippen LogP contribution in [0.3, 0.4) is 0 Å². The average molecular weight is 212 g/mol. The summed E-state index contributed by atoms with van der Waals surface area (Å²) in [5.41, 5.74) is 8.47. The summed E-state index contributed by atoms with van der Waals surface area (Å²) in [7, 11) is 0. The maximum Gasteiger partial charge on any atom is 0.0435 e. The zero-order chi connectivity index (χ0) is 10.9. The van der Waals surface area contributed by atoms with Crippen molar-refractivity contribution in [1.82, 2.24) is 0 Å². The fraction of sp³-hybridized carbons (Fsp3) is 0.500. The van der Waals surface area contributed by atoms with Crippen molar-refractivity contribution in [2.45, 2.75) is 33.7 Å². The van der Waals surface area contributed by atoms with E-state index < -0.39 is 0 Å². The van der Waals surface area contributed by atoms with Crippen molar-refractivity contribution in [1.29, 1.82) is 0 Å². The lowest BCUT2D eigenvalue weighted by Crippen LogP contribution is -2.26. The van der Waals surface area contributed by atoms with Gasteiger partial charge in [-0.05, 0) is 29.5 Å². The molecule has 1 nitrogen and oxygen atoms in total. The van der Waals surface area contributed by atoms with Gasteiger partial charge in [-0.15, -0.1) is 0 Å². The van der Waals surface area contributed by atoms with E-state index in [1.807, 2.05) is 19.1 Å². The predicted octanol–water partition coefficient (Wildman–Crippen LogP) is 3.69. The molecule has 0 aliphatic rings. The SMILES string of the molecule is Cc1cc([C@H](N)C(C)(C)C)ccc1Cl. The largest absolute Gasteiger partial charge is 0.324 e. The van der Waals surface area contributed by atoms with Crippen LogP contribution in [0.1, 0.15) is 37.9 Å². The Morgan fingerprint density at radius 3 is 2.29 bits per heavy atom. The van der Waals surface area contributed by atoms with Crippen LogP contribution < -0.4 is 5.73 Å². The highest BCUT2D eigenvalue weighted by Gasteiger charge is 2.22. The summed E-state index contributed by atoms with van der Waals surface area (Å²) in [5.74, 6) is 0. The van der Waals surface area contributed by atoms with Crippen LogP contribution in [0.4, 0.5) is 0 Å². The topological polar surface area (TPSA) is 26.0 Å². The van der Waals surface area contributed by atoms with Gasteiger partial charge >= 0.3 is 0 Å². The smallest absolute Gasteiger partial charge is 0.0435 e. The van der Waals surface area contributed by atoms with Crippen LogP contribution in [0, 0.1) is 12.3 Å². The van der Waals surface area contributed by atoms with Crippen molar-refractivity contribution in [3.05, 3.63) is 34.3 Å². The molecule has 1 rings (SSSR count). The van der Waals surface area contributed by atoms with E-state index >= 15 is 0 Å². The fourth-order valence-electron chi connectivity index (χ4n) is 1.36. The molecule has 2 heteroatoms. The van der Waals surface area contributed by atoms with Gasteiger partial charge in [0.15, 0.2) is 0 Å². The minimum absolute atomic E-state index is 0.0541. The number of benzene rings is 1. The van der Waals surface area contributed by atoms with Crippen LogP contribution in [0.25, 0.3) is 0 Å². The molecule has 2 N–H and O–H groups in total.